The molecular weight excluding hydrogens is 344 g/mol. The van der Waals surface area contributed by atoms with E-state index in [0.29, 0.717) is 29.9 Å². The van der Waals surface area contributed by atoms with Crippen LogP contribution in [0.1, 0.15) is 76.0 Å². The molecule has 0 radical (unpaired) electrons. The lowest BCUT2D eigenvalue weighted by molar-refractivity contribution is -0.155. The minimum Gasteiger partial charge on any atom is -0.462 e. The van der Waals surface area contributed by atoms with Crippen molar-refractivity contribution >= 4 is 11.9 Å². The summed E-state index contributed by atoms with van der Waals surface area (Å²) in [4.78, 5) is 22.8. The standard InChI is InChI=1S/C22H28O5/c1-12(23)26-14-4-5-15-16-8-9-22(3)19(6-7-21(22)27-13(2)24)17(16)11-20(25)18(15)10-14/h4-5,10,16-17,19-21,25H,6-9,11H2,1-3H3. The first-order valence-corrected chi connectivity index (χ1v) is 9.97. The van der Waals surface area contributed by atoms with Gasteiger partial charge in [-0.3, -0.25) is 9.59 Å². The maximum atomic E-state index is 11.5. The number of aliphatic hydroxyl groups is 1. The zero-order valence-electron chi connectivity index (χ0n) is 16.2. The van der Waals surface area contributed by atoms with Crippen LogP contribution in [0.25, 0.3) is 0 Å². The molecule has 1 aromatic rings. The van der Waals surface area contributed by atoms with Crippen LogP contribution in [0, 0.1) is 17.3 Å². The highest BCUT2D eigenvalue weighted by atomic mass is 16.5. The van der Waals surface area contributed by atoms with Gasteiger partial charge in [-0.25, -0.2) is 0 Å². The van der Waals surface area contributed by atoms with Crippen LogP contribution in [0.15, 0.2) is 18.2 Å². The summed E-state index contributed by atoms with van der Waals surface area (Å²) in [5.41, 5.74) is 2.09. The highest BCUT2D eigenvalue weighted by molar-refractivity contribution is 5.69. The van der Waals surface area contributed by atoms with Crippen molar-refractivity contribution in [3.8, 4) is 5.75 Å². The zero-order valence-corrected chi connectivity index (χ0v) is 16.2. The summed E-state index contributed by atoms with van der Waals surface area (Å²) in [6.45, 7) is 5.14. The van der Waals surface area contributed by atoms with Crippen molar-refractivity contribution in [2.45, 2.75) is 71.0 Å². The lowest BCUT2D eigenvalue weighted by atomic mass is 9.55. The molecule has 0 bridgehead atoms. The fourth-order valence-electron chi connectivity index (χ4n) is 6.14. The van der Waals surface area contributed by atoms with E-state index in [1.807, 2.05) is 18.2 Å². The smallest absolute Gasteiger partial charge is 0.308 e. The molecule has 1 aromatic carbocycles. The van der Waals surface area contributed by atoms with Crippen LogP contribution in [0.4, 0.5) is 0 Å². The van der Waals surface area contributed by atoms with Crippen molar-refractivity contribution in [2.24, 2.45) is 17.3 Å². The number of ether oxygens (including phenoxy) is 2. The van der Waals surface area contributed by atoms with Crippen LogP contribution in [0.2, 0.25) is 0 Å². The first-order chi connectivity index (χ1) is 12.8. The molecule has 0 spiro atoms. The second kappa shape index (κ2) is 6.62. The van der Waals surface area contributed by atoms with Crippen molar-refractivity contribution in [3.05, 3.63) is 29.3 Å². The monoisotopic (exact) mass is 372 g/mol. The third-order valence-electron chi connectivity index (χ3n) is 7.23. The van der Waals surface area contributed by atoms with Crippen LogP contribution < -0.4 is 4.74 Å². The Balaban J connectivity index is 1.63. The van der Waals surface area contributed by atoms with E-state index in [1.165, 1.54) is 19.4 Å². The van der Waals surface area contributed by atoms with E-state index < -0.39 is 6.10 Å². The number of esters is 2. The Kier molecular flexibility index (Phi) is 4.53. The molecule has 3 aliphatic carbocycles. The van der Waals surface area contributed by atoms with Crippen LogP contribution in [0.3, 0.4) is 0 Å². The summed E-state index contributed by atoms with van der Waals surface area (Å²) in [6.07, 6.45) is 4.17. The van der Waals surface area contributed by atoms with Crippen molar-refractivity contribution < 1.29 is 24.2 Å². The summed E-state index contributed by atoms with van der Waals surface area (Å²) in [5.74, 6) is 1.20. The maximum Gasteiger partial charge on any atom is 0.308 e. The third-order valence-corrected chi connectivity index (χ3v) is 7.23. The Bertz CT molecular complexity index is 772. The summed E-state index contributed by atoms with van der Waals surface area (Å²) >= 11 is 0. The maximum absolute atomic E-state index is 11.5. The molecule has 5 heteroatoms. The fraction of sp³-hybridized carbons (Fsp3) is 0.636. The van der Waals surface area contributed by atoms with Gasteiger partial charge in [-0.1, -0.05) is 13.0 Å². The molecule has 0 aliphatic heterocycles. The molecule has 0 saturated heterocycles. The summed E-state index contributed by atoms with van der Waals surface area (Å²) in [7, 11) is 0. The van der Waals surface area contributed by atoms with Gasteiger partial charge in [0.25, 0.3) is 0 Å². The zero-order chi connectivity index (χ0) is 19.3. The molecule has 3 aliphatic rings. The predicted octanol–water partition coefficient (Wildman–Crippen LogP) is 3.89. The van der Waals surface area contributed by atoms with Crippen LogP contribution in [-0.2, 0) is 14.3 Å². The highest BCUT2D eigenvalue weighted by Gasteiger charge is 2.56. The Morgan fingerprint density at radius 1 is 1.11 bits per heavy atom. The molecule has 27 heavy (non-hydrogen) atoms. The van der Waals surface area contributed by atoms with Crippen LogP contribution in [0.5, 0.6) is 5.75 Å². The molecule has 0 amide bonds. The molecule has 1 N–H and O–H groups in total. The number of fused-ring (bicyclic) bond motifs is 5. The normalized spacial score (nSPS) is 37.0. The quantitative estimate of drug-likeness (QED) is 0.630. The number of aliphatic hydroxyl groups excluding tert-OH is 1. The lowest BCUT2D eigenvalue weighted by Crippen LogP contribution is -2.45. The molecule has 6 unspecified atom stereocenters. The van der Waals surface area contributed by atoms with Gasteiger partial charge in [-0.2, -0.15) is 0 Å². The Hall–Kier alpha value is -1.88. The average molecular weight is 372 g/mol. The number of hydrogen-bond donors (Lipinski definition) is 1. The van der Waals surface area contributed by atoms with E-state index in [-0.39, 0.29) is 23.5 Å². The van der Waals surface area contributed by atoms with Crippen LogP contribution >= 0.6 is 0 Å². The van der Waals surface area contributed by atoms with Gasteiger partial charge in [-0.05, 0) is 73.1 Å². The summed E-state index contributed by atoms with van der Waals surface area (Å²) < 4.78 is 10.9. The molecule has 146 valence electrons. The first kappa shape index (κ1) is 18.5. The van der Waals surface area contributed by atoms with E-state index >= 15 is 0 Å². The molecule has 2 saturated carbocycles. The number of carbonyl (C=O) groups is 2. The number of rotatable bonds is 2. The molecule has 0 aromatic heterocycles. The van der Waals surface area contributed by atoms with Crippen molar-refractivity contribution in [1.82, 2.24) is 0 Å². The summed E-state index contributed by atoms with van der Waals surface area (Å²) in [6, 6.07) is 5.68. The predicted molar refractivity (Wildman–Crippen MR) is 99.2 cm³/mol. The van der Waals surface area contributed by atoms with Gasteiger partial charge in [0.2, 0.25) is 0 Å². The minimum absolute atomic E-state index is 0.00173. The molecule has 6 atom stereocenters. The van der Waals surface area contributed by atoms with Crippen molar-refractivity contribution in [1.29, 1.82) is 0 Å². The lowest BCUT2D eigenvalue weighted by Gasteiger charge is -2.51. The van der Waals surface area contributed by atoms with Gasteiger partial charge in [0, 0.05) is 19.3 Å². The molecule has 4 rings (SSSR count). The Morgan fingerprint density at radius 3 is 2.59 bits per heavy atom. The van der Waals surface area contributed by atoms with Gasteiger partial charge >= 0.3 is 11.9 Å². The highest BCUT2D eigenvalue weighted by Crippen LogP contribution is 2.62. The molecule has 2 fully saturated rings. The van der Waals surface area contributed by atoms with E-state index in [2.05, 4.69) is 6.92 Å². The SMILES string of the molecule is CC(=O)Oc1ccc2c(c1)C(O)CC1C2CCC2(C)C(OC(C)=O)CCC12. The van der Waals surface area contributed by atoms with Gasteiger partial charge in [0.05, 0.1) is 6.10 Å². The number of hydrogen-bond acceptors (Lipinski definition) is 5. The molecule has 5 nitrogen and oxygen atoms in total. The van der Waals surface area contributed by atoms with Crippen molar-refractivity contribution in [2.75, 3.05) is 0 Å². The van der Waals surface area contributed by atoms with Gasteiger partial charge in [0.15, 0.2) is 0 Å². The second-order valence-corrected chi connectivity index (χ2v) is 8.73. The van der Waals surface area contributed by atoms with E-state index in [0.717, 1.165) is 31.2 Å². The van der Waals surface area contributed by atoms with Crippen LogP contribution in [-0.4, -0.2) is 23.1 Å². The van der Waals surface area contributed by atoms with E-state index in [1.54, 1.807) is 0 Å². The Morgan fingerprint density at radius 2 is 1.89 bits per heavy atom. The number of benzene rings is 1. The van der Waals surface area contributed by atoms with E-state index in [9.17, 15) is 14.7 Å². The minimum atomic E-state index is -0.549. The van der Waals surface area contributed by atoms with Gasteiger partial charge < -0.3 is 14.6 Å². The Labute approximate surface area is 160 Å². The van der Waals surface area contributed by atoms with Gasteiger partial charge in [-0.15, -0.1) is 0 Å². The topological polar surface area (TPSA) is 72.8 Å². The second-order valence-electron chi connectivity index (χ2n) is 8.73. The number of carbonyl (C=O) groups excluding carboxylic acids is 2. The van der Waals surface area contributed by atoms with E-state index in [4.69, 9.17) is 9.47 Å². The van der Waals surface area contributed by atoms with Crippen molar-refractivity contribution in [3.63, 3.8) is 0 Å². The summed E-state index contributed by atoms with van der Waals surface area (Å²) in [5, 5.41) is 10.8. The van der Waals surface area contributed by atoms with Gasteiger partial charge in [0.1, 0.15) is 11.9 Å². The third kappa shape index (κ3) is 3.06. The average Bonchev–Trinajstić information content (AvgIpc) is 2.91. The largest absolute Gasteiger partial charge is 0.462 e. The molecular formula is C22H28O5. The molecule has 0 heterocycles. The first-order valence-electron chi connectivity index (χ1n) is 9.97. The fourth-order valence-corrected chi connectivity index (χ4v) is 6.14.